The summed E-state index contributed by atoms with van der Waals surface area (Å²) in [5, 5.41) is 6.93. The normalized spacial score (nSPS) is 12.8. The van der Waals surface area contributed by atoms with E-state index < -0.39 is 0 Å². The fourth-order valence-electron chi connectivity index (χ4n) is 2.63. The van der Waals surface area contributed by atoms with Gasteiger partial charge >= 0.3 is 0 Å². The zero-order valence-electron chi connectivity index (χ0n) is 13.0. The third-order valence-corrected chi connectivity index (χ3v) is 4.51. The van der Waals surface area contributed by atoms with Gasteiger partial charge in [-0.2, -0.15) is 0 Å². The highest BCUT2D eigenvalue weighted by Gasteiger charge is 2.21. The molecule has 0 saturated heterocycles. The van der Waals surface area contributed by atoms with Crippen LogP contribution in [0.1, 0.15) is 52.7 Å². The molecular formula is C16H24N2OS. The molecule has 0 bridgehead atoms. The van der Waals surface area contributed by atoms with E-state index >= 15 is 0 Å². The average Bonchev–Trinajstić information content (AvgIpc) is 2.90. The topological polar surface area (TPSA) is 38.1 Å². The molecule has 1 N–H and O–H groups in total. The number of furan rings is 1. The summed E-state index contributed by atoms with van der Waals surface area (Å²) >= 11 is 1.72. The lowest BCUT2D eigenvalue weighted by Gasteiger charge is -2.18. The monoisotopic (exact) mass is 292 g/mol. The summed E-state index contributed by atoms with van der Waals surface area (Å²) in [6.07, 6.45) is 2.05. The summed E-state index contributed by atoms with van der Waals surface area (Å²) in [4.78, 5) is 4.60. The van der Waals surface area contributed by atoms with E-state index in [0.29, 0.717) is 0 Å². The number of nitrogens with zero attached hydrogens (tertiary/aromatic N) is 1. The van der Waals surface area contributed by atoms with Crippen molar-refractivity contribution in [3.8, 4) is 0 Å². The van der Waals surface area contributed by atoms with Gasteiger partial charge in [-0.05, 0) is 46.2 Å². The van der Waals surface area contributed by atoms with E-state index in [0.717, 1.165) is 35.9 Å². The van der Waals surface area contributed by atoms with Gasteiger partial charge in [0.2, 0.25) is 0 Å². The molecule has 0 saturated carbocycles. The van der Waals surface area contributed by atoms with E-state index in [2.05, 4.69) is 43.4 Å². The van der Waals surface area contributed by atoms with Crippen molar-refractivity contribution in [3.63, 3.8) is 0 Å². The van der Waals surface area contributed by atoms with Gasteiger partial charge in [0.25, 0.3) is 0 Å². The lowest BCUT2D eigenvalue weighted by atomic mass is 9.98. The van der Waals surface area contributed by atoms with E-state index in [1.54, 1.807) is 11.3 Å². The van der Waals surface area contributed by atoms with Gasteiger partial charge in [-0.15, -0.1) is 11.3 Å². The molecule has 0 radical (unpaired) electrons. The van der Waals surface area contributed by atoms with Gasteiger partial charge in [0.05, 0.1) is 10.7 Å². The average molecular weight is 292 g/mol. The molecule has 1 unspecified atom stereocenters. The van der Waals surface area contributed by atoms with E-state index in [4.69, 9.17) is 4.42 Å². The van der Waals surface area contributed by atoms with Crippen LogP contribution in [0.2, 0.25) is 0 Å². The molecule has 2 rings (SSSR count). The number of hydrogen-bond donors (Lipinski definition) is 1. The van der Waals surface area contributed by atoms with Crippen LogP contribution in [0.3, 0.4) is 0 Å². The Bertz CT molecular complexity index is 571. The van der Waals surface area contributed by atoms with Crippen LogP contribution in [0.25, 0.3) is 0 Å². The van der Waals surface area contributed by atoms with Crippen LogP contribution in [0.5, 0.6) is 0 Å². The molecule has 4 heteroatoms. The molecule has 3 nitrogen and oxygen atoms in total. The van der Waals surface area contributed by atoms with Crippen molar-refractivity contribution in [1.29, 1.82) is 0 Å². The molecule has 0 spiro atoms. The van der Waals surface area contributed by atoms with Gasteiger partial charge < -0.3 is 9.73 Å². The van der Waals surface area contributed by atoms with Crippen molar-refractivity contribution >= 4 is 11.3 Å². The Kier molecular flexibility index (Phi) is 5.00. The summed E-state index contributed by atoms with van der Waals surface area (Å²) in [6.45, 7) is 11.5. The minimum atomic E-state index is 0.286. The maximum atomic E-state index is 5.79. The number of nitrogens with one attached hydrogen (secondary N) is 1. The van der Waals surface area contributed by atoms with E-state index in [1.807, 2.05) is 6.92 Å². The second-order valence-corrected chi connectivity index (χ2v) is 6.38. The lowest BCUT2D eigenvalue weighted by molar-refractivity contribution is 0.479. The highest BCUT2D eigenvalue weighted by atomic mass is 32.1. The smallest absolute Gasteiger partial charge is 0.106 e. The third kappa shape index (κ3) is 3.30. The van der Waals surface area contributed by atoms with Crippen molar-refractivity contribution in [2.75, 3.05) is 6.54 Å². The van der Waals surface area contributed by atoms with Crippen LogP contribution in [0.15, 0.2) is 9.80 Å². The van der Waals surface area contributed by atoms with Crippen molar-refractivity contribution in [3.05, 3.63) is 38.7 Å². The Hall–Kier alpha value is -1.13. The van der Waals surface area contributed by atoms with Gasteiger partial charge in [0.1, 0.15) is 11.5 Å². The number of thiazole rings is 1. The molecule has 0 aliphatic rings. The Morgan fingerprint density at radius 2 is 2.00 bits per heavy atom. The molecule has 1 atom stereocenters. The van der Waals surface area contributed by atoms with E-state index in [1.165, 1.54) is 16.8 Å². The second kappa shape index (κ2) is 6.55. The largest absolute Gasteiger partial charge is 0.466 e. The first kappa shape index (κ1) is 15.3. The Morgan fingerprint density at radius 1 is 1.25 bits per heavy atom. The van der Waals surface area contributed by atoms with Crippen LogP contribution < -0.4 is 5.32 Å². The molecule has 2 heterocycles. The molecule has 20 heavy (non-hydrogen) atoms. The second-order valence-electron chi connectivity index (χ2n) is 5.32. The highest BCUT2D eigenvalue weighted by Crippen LogP contribution is 2.29. The standard InChI is InChI=1S/C16H24N2OS/c1-6-7-17-15(8-14-9-20-13(5)18-14)16-10(2)11(3)19-12(16)4/h9,15,17H,6-8H2,1-5H3. The van der Waals surface area contributed by atoms with Crippen molar-refractivity contribution in [1.82, 2.24) is 10.3 Å². The number of aromatic nitrogens is 1. The Morgan fingerprint density at radius 3 is 2.50 bits per heavy atom. The third-order valence-electron chi connectivity index (χ3n) is 3.69. The fourth-order valence-corrected chi connectivity index (χ4v) is 3.25. The highest BCUT2D eigenvalue weighted by molar-refractivity contribution is 7.09. The van der Waals surface area contributed by atoms with Gasteiger partial charge in [0, 0.05) is 23.4 Å². The first-order valence-electron chi connectivity index (χ1n) is 7.23. The lowest BCUT2D eigenvalue weighted by Crippen LogP contribution is -2.25. The quantitative estimate of drug-likeness (QED) is 0.864. The van der Waals surface area contributed by atoms with Gasteiger partial charge in [-0.1, -0.05) is 6.92 Å². The molecule has 0 aromatic carbocycles. The van der Waals surface area contributed by atoms with Crippen molar-refractivity contribution in [2.45, 2.75) is 53.5 Å². The molecule has 2 aromatic rings. The minimum Gasteiger partial charge on any atom is -0.466 e. The maximum absolute atomic E-state index is 5.79. The molecule has 0 aliphatic heterocycles. The Labute approximate surface area is 125 Å². The predicted octanol–water partition coefficient (Wildman–Crippen LogP) is 4.25. The van der Waals surface area contributed by atoms with Crippen LogP contribution in [-0.2, 0) is 6.42 Å². The summed E-state index contributed by atoms with van der Waals surface area (Å²) in [7, 11) is 0. The van der Waals surface area contributed by atoms with E-state index in [-0.39, 0.29) is 6.04 Å². The summed E-state index contributed by atoms with van der Waals surface area (Å²) in [5.74, 6) is 2.05. The SMILES string of the molecule is CCCNC(Cc1csc(C)n1)c1c(C)oc(C)c1C. The Balaban J connectivity index is 2.26. The molecule has 2 aromatic heterocycles. The molecular weight excluding hydrogens is 268 g/mol. The first-order valence-corrected chi connectivity index (χ1v) is 8.11. The zero-order valence-corrected chi connectivity index (χ0v) is 13.9. The molecule has 0 fully saturated rings. The van der Waals surface area contributed by atoms with Crippen LogP contribution >= 0.6 is 11.3 Å². The van der Waals surface area contributed by atoms with Crippen molar-refractivity contribution < 1.29 is 4.42 Å². The molecule has 0 amide bonds. The molecule has 0 aliphatic carbocycles. The van der Waals surface area contributed by atoms with Crippen molar-refractivity contribution in [2.24, 2.45) is 0 Å². The minimum absolute atomic E-state index is 0.286. The number of rotatable bonds is 6. The predicted molar refractivity (Wildman–Crippen MR) is 84.5 cm³/mol. The van der Waals surface area contributed by atoms with Crippen LogP contribution in [0.4, 0.5) is 0 Å². The summed E-state index contributed by atoms with van der Waals surface area (Å²) in [6, 6.07) is 0.286. The van der Waals surface area contributed by atoms with Crippen LogP contribution in [-0.4, -0.2) is 11.5 Å². The zero-order chi connectivity index (χ0) is 14.7. The fraction of sp³-hybridized carbons (Fsp3) is 0.562. The number of hydrogen-bond acceptors (Lipinski definition) is 4. The maximum Gasteiger partial charge on any atom is 0.106 e. The van der Waals surface area contributed by atoms with Gasteiger partial charge in [-0.3, -0.25) is 0 Å². The first-order chi connectivity index (χ1) is 9.52. The summed E-state index contributed by atoms with van der Waals surface area (Å²) < 4.78 is 5.79. The van der Waals surface area contributed by atoms with Gasteiger partial charge in [0.15, 0.2) is 0 Å². The van der Waals surface area contributed by atoms with Gasteiger partial charge in [-0.25, -0.2) is 4.98 Å². The number of aryl methyl sites for hydroxylation is 3. The molecule has 110 valence electrons. The summed E-state index contributed by atoms with van der Waals surface area (Å²) in [5.41, 5.74) is 3.74. The van der Waals surface area contributed by atoms with Crippen LogP contribution in [0, 0.1) is 27.7 Å². The van der Waals surface area contributed by atoms with E-state index in [9.17, 15) is 0 Å².